The molecule has 1 aromatic heterocycles. The van der Waals surface area contributed by atoms with Gasteiger partial charge in [-0.2, -0.15) is 0 Å². The molecule has 23 heavy (non-hydrogen) atoms. The number of anilines is 2. The maximum Gasteiger partial charge on any atom is 0.275 e. The van der Waals surface area contributed by atoms with Gasteiger partial charge >= 0.3 is 0 Å². The number of carbonyl (C=O) groups is 2. The van der Waals surface area contributed by atoms with Gasteiger partial charge in [0.2, 0.25) is 5.91 Å². The summed E-state index contributed by atoms with van der Waals surface area (Å²) in [7, 11) is 1.43. The first kappa shape index (κ1) is 17.7. The fraction of sp³-hybridized carbons (Fsp3) is 0.214. The van der Waals surface area contributed by atoms with Crippen LogP contribution in [0.3, 0.4) is 0 Å². The van der Waals surface area contributed by atoms with Crippen LogP contribution >= 0.6 is 34.7 Å². The second-order valence-electron chi connectivity index (χ2n) is 4.33. The van der Waals surface area contributed by atoms with E-state index in [0.29, 0.717) is 22.1 Å². The number of benzene rings is 1. The molecule has 0 bridgehead atoms. The number of hydrogen-bond donors (Lipinski definition) is 2. The topological polar surface area (TPSA) is 80.3 Å². The maximum absolute atomic E-state index is 12.1. The highest BCUT2D eigenvalue weighted by molar-refractivity contribution is 8.00. The summed E-state index contributed by atoms with van der Waals surface area (Å²) in [6, 6.07) is 4.82. The number of nitrogens with one attached hydrogen (secondary N) is 2. The van der Waals surface area contributed by atoms with Crippen molar-refractivity contribution in [1.29, 1.82) is 0 Å². The van der Waals surface area contributed by atoms with Gasteiger partial charge in [0.05, 0.1) is 10.7 Å². The van der Waals surface area contributed by atoms with Crippen LogP contribution in [0.25, 0.3) is 0 Å². The lowest BCUT2D eigenvalue weighted by Gasteiger charge is -2.09. The van der Waals surface area contributed by atoms with Crippen molar-refractivity contribution in [3.63, 3.8) is 0 Å². The van der Waals surface area contributed by atoms with Gasteiger partial charge in [-0.05, 0) is 24.5 Å². The Morgan fingerprint density at radius 2 is 2.17 bits per heavy atom. The van der Waals surface area contributed by atoms with Crippen molar-refractivity contribution in [1.82, 2.24) is 4.98 Å². The summed E-state index contributed by atoms with van der Waals surface area (Å²) >= 11 is 9.00. The van der Waals surface area contributed by atoms with Crippen LogP contribution < -0.4 is 10.6 Å². The van der Waals surface area contributed by atoms with Crippen LogP contribution in [-0.2, 0) is 9.53 Å². The standard InChI is InChI=1S/C14H14ClN3O3S2/c1-21-6-12(19)17-10-4-3-8(5-9(10)15)16-13(20)11-7-23-14(18-11)22-2/h3-5,7H,6H2,1-2H3,(H,16,20)(H,17,19). The summed E-state index contributed by atoms with van der Waals surface area (Å²) in [6.07, 6.45) is 1.90. The van der Waals surface area contributed by atoms with E-state index in [1.807, 2.05) is 6.26 Å². The van der Waals surface area contributed by atoms with Gasteiger partial charge in [0, 0.05) is 18.2 Å². The first-order valence-corrected chi connectivity index (χ1v) is 8.91. The van der Waals surface area contributed by atoms with Crippen LogP contribution in [0, 0.1) is 0 Å². The molecule has 6 nitrogen and oxygen atoms in total. The maximum atomic E-state index is 12.1. The number of thioether (sulfide) groups is 1. The Morgan fingerprint density at radius 1 is 1.39 bits per heavy atom. The number of ether oxygens (including phenoxy) is 1. The summed E-state index contributed by atoms with van der Waals surface area (Å²) in [5, 5.41) is 7.34. The average molecular weight is 372 g/mol. The van der Waals surface area contributed by atoms with Gasteiger partial charge < -0.3 is 15.4 Å². The van der Waals surface area contributed by atoms with Crippen molar-refractivity contribution >= 4 is 57.9 Å². The van der Waals surface area contributed by atoms with Crippen LogP contribution in [0.15, 0.2) is 27.9 Å². The third kappa shape index (κ3) is 4.93. The molecule has 2 N–H and O–H groups in total. The van der Waals surface area contributed by atoms with Gasteiger partial charge in [-0.25, -0.2) is 4.98 Å². The highest BCUT2D eigenvalue weighted by Gasteiger charge is 2.12. The number of amides is 2. The van der Waals surface area contributed by atoms with E-state index < -0.39 is 0 Å². The molecule has 2 aromatic rings. The molecule has 0 saturated carbocycles. The summed E-state index contributed by atoms with van der Waals surface area (Å²) in [6.45, 7) is -0.0591. The number of halogens is 1. The predicted octanol–water partition coefficient (Wildman–Crippen LogP) is 3.36. The Morgan fingerprint density at radius 3 is 2.78 bits per heavy atom. The number of nitrogens with zero attached hydrogens (tertiary/aromatic N) is 1. The molecule has 1 aromatic carbocycles. The van der Waals surface area contributed by atoms with E-state index in [0.717, 1.165) is 4.34 Å². The fourth-order valence-corrected chi connectivity index (χ4v) is 3.13. The Hall–Kier alpha value is -1.61. The van der Waals surface area contributed by atoms with E-state index in [2.05, 4.69) is 15.6 Å². The minimum Gasteiger partial charge on any atom is -0.375 e. The van der Waals surface area contributed by atoms with E-state index in [1.54, 1.807) is 23.6 Å². The molecule has 0 atom stereocenters. The zero-order chi connectivity index (χ0) is 16.8. The van der Waals surface area contributed by atoms with Gasteiger partial charge in [-0.3, -0.25) is 9.59 Å². The lowest BCUT2D eigenvalue weighted by atomic mass is 10.2. The number of methoxy groups -OCH3 is 1. The molecule has 0 aliphatic rings. The molecule has 0 spiro atoms. The van der Waals surface area contributed by atoms with E-state index in [4.69, 9.17) is 16.3 Å². The molecule has 9 heteroatoms. The monoisotopic (exact) mass is 371 g/mol. The minimum absolute atomic E-state index is 0.0591. The van der Waals surface area contributed by atoms with Crippen molar-refractivity contribution in [2.75, 3.05) is 30.6 Å². The third-order valence-corrected chi connectivity index (χ3v) is 4.84. The number of carbonyl (C=O) groups excluding carboxylic acids is 2. The zero-order valence-corrected chi connectivity index (χ0v) is 14.8. The first-order valence-electron chi connectivity index (χ1n) is 6.42. The summed E-state index contributed by atoms with van der Waals surface area (Å²) in [5.74, 6) is -0.618. The number of thiazole rings is 1. The predicted molar refractivity (Wildman–Crippen MR) is 93.8 cm³/mol. The van der Waals surface area contributed by atoms with Crippen LogP contribution in [0.2, 0.25) is 5.02 Å². The fourth-order valence-electron chi connectivity index (χ4n) is 1.66. The van der Waals surface area contributed by atoms with Crippen molar-refractivity contribution < 1.29 is 14.3 Å². The Kier molecular flexibility index (Phi) is 6.40. The van der Waals surface area contributed by atoms with Crippen molar-refractivity contribution in [3.05, 3.63) is 34.3 Å². The van der Waals surface area contributed by atoms with E-state index >= 15 is 0 Å². The van der Waals surface area contributed by atoms with E-state index in [1.165, 1.54) is 30.2 Å². The molecular weight excluding hydrogens is 358 g/mol. The smallest absolute Gasteiger partial charge is 0.275 e. The quantitative estimate of drug-likeness (QED) is 0.761. The Balaban J connectivity index is 2.05. The van der Waals surface area contributed by atoms with Gasteiger partial charge in [0.1, 0.15) is 16.6 Å². The Labute approximate surface area is 146 Å². The molecule has 122 valence electrons. The SMILES string of the molecule is COCC(=O)Nc1ccc(NC(=O)c2csc(SC)n2)cc1Cl. The largest absolute Gasteiger partial charge is 0.375 e. The molecule has 0 unspecified atom stereocenters. The third-order valence-electron chi connectivity index (χ3n) is 2.67. The number of rotatable bonds is 6. The highest BCUT2D eigenvalue weighted by Crippen LogP contribution is 2.26. The molecule has 0 radical (unpaired) electrons. The van der Waals surface area contributed by atoms with Crippen molar-refractivity contribution in [2.24, 2.45) is 0 Å². The Bertz CT molecular complexity index is 721. The molecule has 0 aliphatic carbocycles. The summed E-state index contributed by atoms with van der Waals surface area (Å²) < 4.78 is 5.56. The number of aromatic nitrogens is 1. The van der Waals surface area contributed by atoms with Crippen LogP contribution in [0.1, 0.15) is 10.5 Å². The molecular formula is C14H14ClN3O3S2. The number of hydrogen-bond acceptors (Lipinski definition) is 6. The van der Waals surface area contributed by atoms with Gasteiger partial charge in [-0.1, -0.05) is 23.4 Å². The lowest BCUT2D eigenvalue weighted by molar-refractivity contribution is -0.119. The summed E-state index contributed by atoms with van der Waals surface area (Å²) in [5.41, 5.74) is 1.32. The van der Waals surface area contributed by atoms with Crippen molar-refractivity contribution in [3.8, 4) is 0 Å². The summed E-state index contributed by atoms with van der Waals surface area (Å²) in [4.78, 5) is 27.8. The van der Waals surface area contributed by atoms with Crippen molar-refractivity contribution in [2.45, 2.75) is 4.34 Å². The van der Waals surface area contributed by atoms with Crippen LogP contribution in [0.4, 0.5) is 11.4 Å². The average Bonchev–Trinajstić information content (AvgIpc) is 2.99. The second-order valence-corrected chi connectivity index (χ2v) is 6.65. The van der Waals surface area contributed by atoms with E-state index in [-0.39, 0.29) is 18.4 Å². The van der Waals surface area contributed by atoms with Gasteiger partial charge in [-0.15, -0.1) is 11.3 Å². The first-order chi connectivity index (χ1) is 11.0. The van der Waals surface area contributed by atoms with Crippen LogP contribution in [0.5, 0.6) is 0 Å². The van der Waals surface area contributed by atoms with Gasteiger partial charge in [0.15, 0.2) is 0 Å². The molecule has 2 rings (SSSR count). The van der Waals surface area contributed by atoms with E-state index in [9.17, 15) is 9.59 Å². The minimum atomic E-state index is -0.311. The normalized spacial score (nSPS) is 10.4. The molecule has 0 aliphatic heterocycles. The lowest BCUT2D eigenvalue weighted by Crippen LogP contribution is -2.17. The molecule has 0 fully saturated rings. The van der Waals surface area contributed by atoms with Crippen LogP contribution in [-0.4, -0.2) is 36.8 Å². The molecule has 0 saturated heterocycles. The molecule has 1 heterocycles. The second kappa shape index (κ2) is 8.30. The molecule has 2 amide bonds. The highest BCUT2D eigenvalue weighted by atomic mass is 35.5. The zero-order valence-electron chi connectivity index (χ0n) is 12.4. The van der Waals surface area contributed by atoms with Gasteiger partial charge in [0.25, 0.3) is 5.91 Å².